The Bertz CT molecular complexity index is 596. The Morgan fingerprint density at radius 3 is 2.19 bits per heavy atom. The lowest BCUT2D eigenvalue weighted by Gasteiger charge is -2.32. The van der Waals surface area contributed by atoms with Crippen molar-refractivity contribution in [2.75, 3.05) is 13.7 Å². The van der Waals surface area contributed by atoms with Gasteiger partial charge in [-0.05, 0) is 51.8 Å². The van der Waals surface area contributed by atoms with Gasteiger partial charge in [0.05, 0.1) is 31.3 Å². The highest BCUT2D eigenvalue weighted by Crippen LogP contribution is 2.42. The lowest BCUT2D eigenvalue weighted by molar-refractivity contribution is -0.140. The number of hydrogen-bond donors (Lipinski definition) is 0. The van der Waals surface area contributed by atoms with Gasteiger partial charge < -0.3 is 18.8 Å². The van der Waals surface area contributed by atoms with Gasteiger partial charge in [0.2, 0.25) is 0 Å². The van der Waals surface area contributed by atoms with Crippen LogP contribution in [-0.2, 0) is 18.8 Å². The van der Waals surface area contributed by atoms with Crippen LogP contribution in [-0.4, -0.2) is 38.0 Å². The summed E-state index contributed by atoms with van der Waals surface area (Å²) in [6.45, 7) is 10.9. The van der Waals surface area contributed by atoms with Crippen molar-refractivity contribution < 1.29 is 23.6 Å². The fourth-order valence-corrected chi connectivity index (χ4v) is 3.04. The first-order valence-corrected chi connectivity index (χ1v) is 9.85. The maximum absolute atomic E-state index is 12.0. The molecule has 0 aromatic heterocycles. The number of methoxy groups -OCH3 is 1. The second-order valence-electron chi connectivity index (χ2n) is 8.14. The molecule has 0 saturated carbocycles. The minimum Gasteiger partial charge on any atom is -0.494 e. The number of carbonyl (C=O) groups excluding carboxylic acids is 1. The average Bonchev–Trinajstić information content (AvgIpc) is 2.84. The van der Waals surface area contributed by atoms with E-state index in [2.05, 4.69) is 6.92 Å². The molecule has 1 aliphatic heterocycles. The minimum absolute atomic E-state index is 0.198. The van der Waals surface area contributed by atoms with E-state index in [0.29, 0.717) is 0 Å². The third-order valence-corrected chi connectivity index (χ3v) is 5.54. The highest BCUT2D eigenvalue weighted by Gasteiger charge is 2.54. The first-order chi connectivity index (χ1) is 12.7. The largest absolute Gasteiger partial charge is 0.494 e. The number of esters is 1. The molecule has 0 spiro atoms. The van der Waals surface area contributed by atoms with Crippen LogP contribution < -0.4 is 4.74 Å². The fourth-order valence-electron chi connectivity index (χ4n) is 3.04. The van der Waals surface area contributed by atoms with Crippen molar-refractivity contribution in [2.45, 2.75) is 77.3 Å². The minimum atomic E-state index is -0.509. The number of ether oxygens (including phenoxy) is 2. The average molecular weight is 376 g/mol. The molecule has 5 nitrogen and oxygen atoms in total. The molecule has 1 heterocycles. The second-order valence-corrected chi connectivity index (χ2v) is 8.14. The van der Waals surface area contributed by atoms with E-state index in [1.54, 1.807) is 0 Å². The monoisotopic (exact) mass is 376 g/mol. The summed E-state index contributed by atoms with van der Waals surface area (Å²) in [7, 11) is 0.891. The van der Waals surface area contributed by atoms with Crippen LogP contribution in [0.5, 0.6) is 5.75 Å². The Hall–Kier alpha value is -1.53. The molecule has 6 heteroatoms. The van der Waals surface area contributed by atoms with Crippen molar-refractivity contribution in [3.63, 3.8) is 0 Å². The van der Waals surface area contributed by atoms with Gasteiger partial charge in [-0.2, -0.15) is 0 Å². The second kappa shape index (κ2) is 9.11. The first-order valence-electron chi connectivity index (χ1n) is 9.85. The van der Waals surface area contributed by atoms with Gasteiger partial charge >= 0.3 is 13.1 Å². The van der Waals surface area contributed by atoms with Gasteiger partial charge in [-0.1, -0.05) is 31.9 Å². The highest BCUT2D eigenvalue weighted by atomic mass is 16.7. The van der Waals surface area contributed by atoms with Crippen molar-refractivity contribution in [2.24, 2.45) is 0 Å². The van der Waals surface area contributed by atoms with E-state index in [1.807, 2.05) is 52.0 Å². The molecular weight excluding hydrogens is 343 g/mol. The van der Waals surface area contributed by atoms with E-state index in [0.717, 1.165) is 24.3 Å². The number of unbranched alkanes of at least 4 members (excludes halogenated alkanes) is 2. The Balaban J connectivity index is 2.13. The van der Waals surface area contributed by atoms with Crippen molar-refractivity contribution in [1.29, 1.82) is 0 Å². The van der Waals surface area contributed by atoms with Crippen LogP contribution in [0.25, 0.3) is 0 Å². The van der Waals surface area contributed by atoms with Crippen molar-refractivity contribution in [3.8, 4) is 5.75 Å². The van der Waals surface area contributed by atoms with E-state index >= 15 is 0 Å². The lowest BCUT2D eigenvalue weighted by Crippen LogP contribution is -2.41. The Morgan fingerprint density at radius 1 is 1.07 bits per heavy atom. The first kappa shape index (κ1) is 21.8. The summed E-state index contributed by atoms with van der Waals surface area (Å²) in [4.78, 5) is 12.0. The van der Waals surface area contributed by atoms with Crippen LogP contribution >= 0.6 is 0 Å². The molecule has 1 fully saturated rings. The van der Waals surface area contributed by atoms with Crippen LogP contribution in [0.4, 0.5) is 0 Å². The van der Waals surface area contributed by atoms with Gasteiger partial charge in [-0.3, -0.25) is 4.79 Å². The molecule has 1 aromatic carbocycles. The predicted molar refractivity (Wildman–Crippen MR) is 107 cm³/mol. The predicted octanol–water partition coefficient (Wildman–Crippen LogP) is 4.53. The van der Waals surface area contributed by atoms with Gasteiger partial charge in [0, 0.05) is 5.82 Å². The van der Waals surface area contributed by atoms with E-state index in [-0.39, 0.29) is 18.2 Å². The zero-order valence-corrected chi connectivity index (χ0v) is 17.5. The Morgan fingerprint density at radius 2 is 1.67 bits per heavy atom. The molecule has 0 aliphatic carbocycles. The number of rotatable bonds is 9. The van der Waals surface area contributed by atoms with Crippen molar-refractivity contribution >= 4 is 13.1 Å². The van der Waals surface area contributed by atoms with Crippen LogP contribution in [0, 0.1) is 0 Å². The van der Waals surface area contributed by atoms with Crippen LogP contribution in [0.3, 0.4) is 0 Å². The topological polar surface area (TPSA) is 54.0 Å². The molecule has 0 N–H and O–H groups in total. The normalized spacial score (nSPS) is 19.0. The third-order valence-electron chi connectivity index (χ3n) is 5.54. The van der Waals surface area contributed by atoms with Gasteiger partial charge in [0.25, 0.3) is 0 Å². The number of hydrogen-bond acceptors (Lipinski definition) is 5. The zero-order valence-electron chi connectivity index (χ0n) is 17.5. The molecule has 1 atom stereocenters. The Kier molecular flexibility index (Phi) is 7.35. The molecule has 0 radical (unpaired) electrons. The maximum atomic E-state index is 12.0. The Labute approximate surface area is 163 Å². The standard InChI is InChI=1S/C21H33BO5/c1-7-8-9-14-25-17-12-10-16(11-13-17)18(15-19(23)24-6)22-26-20(2,3)21(4,5)27-22/h10-13,18H,7-9,14-15H2,1-6H3. The molecule has 1 aromatic rings. The van der Waals surface area contributed by atoms with Crippen LogP contribution in [0.1, 0.15) is 71.7 Å². The summed E-state index contributed by atoms with van der Waals surface area (Å²) >= 11 is 0. The summed E-state index contributed by atoms with van der Waals surface area (Å²) in [6.07, 6.45) is 3.59. The third kappa shape index (κ3) is 5.49. The summed E-state index contributed by atoms with van der Waals surface area (Å²) in [6, 6.07) is 7.84. The summed E-state index contributed by atoms with van der Waals surface area (Å²) in [5.41, 5.74) is 0.0720. The fraction of sp³-hybridized carbons (Fsp3) is 0.667. The molecular formula is C21H33BO5. The van der Waals surface area contributed by atoms with Gasteiger partial charge in [0.1, 0.15) is 5.75 Å². The number of benzene rings is 1. The maximum Gasteiger partial charge on any atom is 0.466 e. The lowest BCUT2D eigenvalue weighted by atomic mass is 9.66. The molecule has 1 saturated heterocycles. The summed E-state index contributed by atoms with van der Waals surface area (Å²) in [5.74, 6) is 0.308. The molecule has 27 heavy (non-hydrogen) atoms. The SMILES string of the molecule is CCCCCOc1ccc(C(CC(=O)OC)B2OC(C)(C)C(C)(C)O2)cc1. The highest BCUT2D eigenvalue weighted by molar-refractivity contribution is 6.48. The quantitative estimate of drug-likeness (QED) is 0.360. The summed E-state index contributed by atoms with van der Waals surface area (Å²) < 4.78 is 23.0. The van der Waals surface area contributed by atoms with Gasteiger partial charge in [-0.15, -0.1) is 0 Å². The van der Waals surface area contributed by atoms with E-state index in [9.17, 15) is 4.79 Å². The van der Waals surface area contributed by atoms with Gasteiger partial charge in [-0.25, -0.2) is 0 Å². The summed E-state index contributed by atoms with van der Waals surface area (Å²) in [5, 5.41) is 0. The zero-order chi connectivity index (χ0) is 20.1. The molecule has 150 valence electrons. The number of carbonyl (C=O) groups is 1. The van der Waals surface area contributed by atoms with Crippen molar-refractivity contribution in [3.05, 3.63) is 29.8 Å². The smallest absolute Gasteiger partial charge is 0.466 e. The molecule has 2 rings (SSSR count). The van der Waals surface area contributed by atoms with Crippen molar-refractivity contribution in [1.82, 2.24) is 0 Å². The molecule has 0 bridgehead atoms. The molecule has 1 unspecified atom stereocenters. The molecule has 0 amide bonds. The van der Waals surface area contributed by atoms with Crippen LogP contribution in [0.2, 0.25) is 0 Å². The van der Waals surface area contributed by atoms with E-state index < -0.39 is 18.3 Å². The van der Waals surface area contributed by atoms with E-state index in [1.165, 1.54) is 20.0 Å². The van der Waals surface area contributed by atoms with Gasteiger partial charge in [0.15, 0.2) is 0 Å². The molecule has 1 aliphatic rings. The van der Waals surface area contributed by atoms with E-state index in [4.69, 9.17) is 18.8 Å². The van der Waals surface area contributed by atoms with Crippen LogP contribution in [0.15, 0.2) is 24.3 Å².